The Morgan fingerprint density at radius 3 is 2.88 bits per heavy atom. The zero-order valence-corrected chi connectivity index (χ0v) is 10.7. The molecule has 1 unspecified atom stereocenters. The minimum absolute atomic E-state index is 0.359. The normalized spacial score (nSPS) is 17.1. The van der Waals surface area contributed by atoms with E-state index in [1.807, 2.05) is 27.0 Å². The number of carbonyl (C=O) groups is 1. The molecule has 1 rings (SSSR count). The molecular weight excluding hydrogens is 226 g/mol. The van der Waals surface area contributed by atoms with E-state index in [1.54, 1.807) is 0 Å². The van der Waals surface area contributed by atoms with Crippen molar-refractivity contribution < 1.29 is 9.53 Å². The molecule has 6 heteroatoms. The molecule has 1 aliphatic rings. The summed E-state index contributed by atoms with van der Waals surface area (Å²) < 4.78 is 5.18. The maximum absolute atomic E-state index is 11.5. The van der Waals surface area contributed by atoms with Gasteiger partial charge in [-0.3, -0.25) is 5.32 Å². The maximum Gasteiger partial charge on any atom is 0.333 e. The van der Waals surface area contributed by atoms with Crippen LogP contribution in [0, 0.1) is 0 Å². The molecule has 1 atom stereocenters. The van der Waals surface area contributed by atoms with Gasteiger partial charge in [0, 0.05) is 18.4 Å². The minimum atomic E-state index is -0.609. The van der Waals surface area contributed by atoms with E-state index in [2.05, 4.69) is 28.6 Å². The molecule has 16 heavy (non-hydrogen) atoms. The summed E-state index contributed by atoms with van der Waals surface area (Å²) in [4.78, 5) is 11.5. The zero-order chi connectivity index (χ0) is 12.2. The Morgan fingerprint density at radius 1 is 1.69 bits per heavy atom. The van der Waals surface area contributed by atoms with Crippen molar-refractivity contribution in [3.05, 3.63) is 11.9 Å². The first kappa shape index (κ1) is 13.2. The van der Waals surface area contributed by atoms with Gasteiger partial charge in [0.1, 0.15) is 5.60 Å². The lowest BCUT2D eigenvalue weighted by atomic mass is 10.2. The number of rotatable bonds is 4. The Balaban J connectivity index is 2.28. The van der Waals surface area contributed by atoms with Crippen molar-refractivity contribution in [3.8, 4) is 0 Å². The highest BCUT2D eigenvalue weighted by atomic mass is 32.1. The fourth-order valence-electron chi connectivity index (χ4n) is 1.15. The Labute approximate surface area is 101 Å². The number of esters is 1. The number of nitrogens with one attached hydrogen (secondary N) is 3. The van der Waals surface area contributed by atoms with E-state index in [0.29, 0.717) is 6.54 Å². The molecule has 5 nitrogen and oxygen atoms in total. The second-order valence-corrected chi connectivity index (χ2v) is 5.06. The van der Waals surface area contributed by atoms with Crippen molar-refractivity contribution in [1.29, 1.82) is 0 Å². The summed E-state index contributed by atoms with van der Waals surface area (Å²) in [6.07, 6.45) is 1.86. The van der Waals surface area contributed by atoms with Crippen LogP contribution in [-0.2, 0) is 9.53 Å². The zero-order valence-electron chi connectivity index (χ0n) is 9.83. The Hall–Kier alpha value is -0.880. The van der Waals surface area contributed by atoms with Crippen molar-refractivity contribution in [3.63, 3.8) is 0 Å². The monoisotopic (exact) mass is 245 g/mol. The van der Waals surface area contributed by atoms with Gasteiger partial charge >= 0.3 is 5.97 Å². The molecule has 0 aromatic carbocycles. The summed E-state index contributed by atoms with van der Waals surface area (Å²) in [5, 5.41) is 8.47. The average Bonchev–Trinajstić information content (AvgIpc) is 2.63. The van der Waals surface area contributed by atoms with Crippen LogP contribution < -0.4 is 16.0 Å². The topological polar surface area (TPSA) is 62.4 Å². The third-order valence-electron chi connectivity index (χ3n) is 1.81. The van der Waals surface area contributed by atoms with E-state index >= 15 is 0 Å². The Morgan fingerprint density at radius 2 is 2.38 bits per heavy atom. The van der Waals surface area contributed by atoms with E-state index in [4.69, 9.17) is 4.74 Å². The second kappa shape index (κ2) is 5.45. The number of hydrogen-bond donors (Lipinski definition) is 4. The number of carbonyl (C=O) groups excluding carboxylic acids is 1. The quantitative estimate of drug-likeness (QED) is 0.323. The Bertz CT molecular complexity index is 286. The third-order valence-corrected chi connectivity index (χ3v) is 2.20. The molecule has 1 aliphatic heterocycles. The maximum atomic E-state index is 11.5. The van der Waals surface area contributed by atoms with Crippen LogP contribution in [-0.4, -0.2) is 30.2 Å². The molecule has 1 heterocycles. The molecule has 0 saturated carbocycles. The molecule has 0 radical (unpaired) electrons. The molecule has 0 amide bonds. The molecule has 0 aromatic rings. The van der Waals surface area contributed by atoms with Crippen molar-refractivity contribution in [2.45, 2.75) is 31.7 Å². The van der Waals surface area contributed by atoms with Gasteiger partial charge in [0.05, 0.1) is 6.67 Å². The van der Waals surface area contributed by atoms with Gasteiger partial charge in [-0.05, 0) is 20.8 Å². The van der Waals surface area contributed by atoms with Gasteiger partial charge in [-0.2, -0.15) is 0 Å². The van der Waals surface area contributed by atoms with Gasteiger partial charge in [-0.25, -0.2) is 4.79 Å². The van der Waals surface area contributed by atoms with Gasteiger partial charge in [0.25, 0.3) is 0 Å². The molecular formula is C10H19N3O2S. The number of ether oxygens (including phenoxy) is 1. The molecule has 0 saturated heterocycles. The summed E-state index contributed by atoms with van der Waals surface area (Å²) in [6, 6.07) is 0. The first-order valence-electron chi connectivity index (χ1n) is 5.19. The molecule has 0 aliphatic carbocycles. The van der Waals surface area contributed by atoms with Crippen molar-refractivity contribution in [1.82, 2.24) is 16.0 Å². The summed E-state index contributed by atoms with van der Waals surface area (Å²) in [5.74, 6) is -0.359. The lowest BCUT2D eigenvalue weighted by Crippen LogP contribution is -2.39. The van der Waals surface area contributed by atoms with Crippen LogP contribution >= 0.6 is 12.6 Å². The molecule has 92 valence electrons. The highest BCUT2D eigenvalue weighted by Gasteiger charge is 2.22. The summed E-state index contributed by atoms with van der Waals surface area (Å²) >= 11 is 4.15. The first-order valence-corrected chi connectivity index (χ1v) is 5.71. The fraction of sp³-hybridized carbons (Fsp3) is 0.700. The predicted molar refractivity (Wildman–Crippen MR) is 65.8 cm³/mol. The minimum Gasteiger partial charge on any atom is -0.458 e. The largest absolute Gasteiger partial charge is 0.458 e. The average molecular weight is 245 g/mol. The third kappa shape index (κ3) is 4.76. The van der Waals surface area contributed by atoms with Gasteiger partial charge in [0.15, 0.2) is 5.37 Å². The molecule has 3 N–H and O–H groups in total. The summed E-state index contributed by atoms with van der Waals surface area (Å²) in [7, 11) is 0. The van der Waals surface area contributed by atoms with E-state index in [1.165, 1.54) is 0 Å². The summed E-state index contributed by atoms with van der Waals surface area (Å²) in [5.41, 5.74) is 0.522. The predicted octanol–water partition coefficient (Wildman–Crippen LogP) is 0.165. The van der Waals surface area contributed by atoms with Crippen LogP contribution in [0.2, 0.25) is 0 Å². The lowest BCUT2D eigenvalue weighted by Gasteiger charge is -2.22. The van der Waals surface area contributed by atoms with Crippen LogP contribution in [0.3, 0.4) is 0 Å². The van der Waals surface area contributed by atoms with Gasteiger partial charge in [-0.1, -0.05) is 0 Å². The van der Waals surface area contributed by atoms with Crippen LogP contribution in [0.5, 0.6) is 0 Å². The molecule has 0 aromatic heterocycles. The smallest absolute Gasteiger partial charge is 0.333 e. The molecule has 0 fully saturated rings. The van der Waals surface area contributed by atoms with E-state index in [0.717, 1.165) is 12.4 Å². The fourth-order valence-corrected chi connectivity index (χ4v) is 1.29. The van der Waals surface area contributed by atoms with E-state index in [-0.39, 0.29) is 5.97 Å². The van der Waals surface area contributed by atoms with Crippen molar-refractivity contribution in [2.24, 2.45) is 0 Å². The number of thiol groups is 1. The van der Waals surface area contributed by atoms with Gasteiger partial charge in [-0.15, -0.1) is 12.6 Å². The summed E-state index contributed by atoms with van der Waals surface area (Å²) in [6.45, 7) is 6.77. The standard InChI is InChI=1S/C10H19N3O2S/c1-10(2,3)15-9(14)8(16)12-5-7-4-11-6-13-7/h4,8,11-13,16H,5-6H2,1-3H3. The van der Waals surface area contributed by atoms with Crippen LogP contribution in [0.4, 0.5) is 0 Å². The molecule has 0 bridgehead atoms. The van der Waals surface area contributed by atoms with E-state index in [9.17, 15) is 4.79 Å². The van der Waals surface area contributed by atoms with Crippen LogP contribution in [0.25, 0.3) is 0 Å². The first-order chi connectivity index (χ1) is 7.38. The van der Waals surface area contributed by atoms with Crippen molar-refractivity contribution >= 4 is 18.6 Å². The Kier molecular flexibility index (Phi) is 4.49. The van der Waals surface area contributed by atoms with Crippen LogP contribution in [0.1, 0.15) is 20.8 Å². The number of hydrogen-bond acceptors (Lipinski definition) is 6. The van der Waals surface area contributed by atoms with Crippen LogP contribution in [0.15, 0.2) is 11.9 Å². The van der Waals surface area contributed by atoms with Gasteiger partial charge < -0.3 is 15.4 Å². The van der Waals surface area contributed by atoms with Gasteiger partial charge in [0.2, 0.25) is 0 Å². The SMILES string of the molecule is CC(C)(C)OC(=O)C(S)NCC1=CNCN1. The highest BCUT2D eigenvalue weighted by Crippen LogP contribution is 2.09. The molecule has 0 spiro atoms. The van der Waals surface area contributed by atoms with E-state index < -0.39 is 11.0 Å². The van der Waals surface area contributed by atoms with Crippen molar-refractivity contribution in [2.75, 3.05) is 13.2 Å². The second-order valence-electron chi connectivity index (χ2n) is 4.54. The lowest BCUT2D eigenvalue weighted by molar-refractivity contribution is -0.154. The highest BCUT2D eigenvalue weighted by molar-refractivity contribution is 7.81.